The Labute approximate surface area is 91.8 Å². The van der Waals surface area contributed by atoms with Gasteiger partial charge in [-0.05, 0) is 34.7 Å². The first-order valence-corrected chi connectivity index (χ1v) is 5.29. The fourth-order valence-corrected chi connectivity index (χ4v) is 2.10. The Morgan fingerprint density at radius 3 is 2.69 bits per heavy atom. The van der Waals surface area contributed by atoms with Crippen molar-refractivity contribution in [3.05, 3.63) is 21.3 Å². The second kappa shape index (κ2) is 3.54. The maximum absolute atomic E-state index is 9.01. The lowest BCUT2D eigenvalue weighted by Gasteiger charge is -1.93. The number of nitrogens with zero attached hydrogens (tertiary/aromatic N) is 3. The van der Waals surface area contributed by atoms with Crippen molar-refractivity contribution in [2.45, 2.75) is 0 Å². The van der Waals surface area contributed by atoms with Crippen LogP contribution in [0.25, 0.3) is 10.7 Å². The van der Waals surface area contributed by atoms with Gasteiger partial charge in [-0.1, -0.05) is 11.3 Å². The summed E-state index contributed by atoms with van der Waals surface area (Å²) in [6.45, 7) is 0. The highest BCUT2D eigenvalue weighted by atomic mass is 127. The van der Waals surface area contributed by atoms with Gasteiger partial charge in [0.2, 0.25) is 0 Å². The van der Waals surface area contributed by atoms with Crippen LogP contribution in [0, 0.1) is 3.01 Å². The molecule has 13 heavy (non-hydrogen) atoms. The Kier molecular flexibility index (Phi) is 2.40. The van der Waals surface area contributed by atoms with Crippen molar-refractivity contribution in [3.63, 3.8) is 0 Å². The lowest BCUT2D eigenvalue weighted by atomic mass is 10.3. The van der Waals surface area contributed by atoms with Crippen LogP contribution in [0.4, 0.5) is 0 Å². The highest BCUT2D eigenvalue weighted by Gasteiger charge is 2.05. The van der Waals surface area contributed by atoms with Crippen molar-refractivity contribution < 1.29 is 5.11 Å². The Morgan fingerprint density at radius 1 is 1.31 bits per heavy atom. The molecule has 0 atom stereocenters. The molecule has 0 saturated heterocycles. The average Bonchev–Trinajstić information content (AvgIpc) is 2.53. The lowest BCUT2D eigenvalue weighted by molar-refractivity contribution is 0.473. The molecule has 1 N–H and O–H groups in total. The first-order valence-electron chi connectivity index (χ1n) is 3.40. The topological polar surface area (TPSA) is 58.9 Å². The van der Waals surface area contributed by atoms with Gasteiger partial charge in [0.15, 0.2) is 8.02 Å². The molecule has 0 aliphatic carbocycles. The molecule has 0 bridgehead atoms. The summed E-state index contributed by atoms with van der Waals surface area (Å²) in [4.78, 5) is 4.02. The maximum atomic E-state index is 9.01. The maximum Gasteiger partial charge on any atom is 0.178 e. The summed E-state index contributed by atoms with van der Waals surface area (Å²) in [5.41, 5.74) is 0.734. The van der Waals surface area contributed by atoms with Crippen molar-refractivity contribution >= 4 is 33.9 Å². The van der Waals surface area contributed by atoms with Gasteiger partial charge in [-0.2, -0.15) is 0 Å². The normalized spacial score (nSPS) is 10.2. The molecule has 0 saturated carbocycles. The van der Waals surface area contributed by atoms with Gasteiger partial charge in [0.1, 0.15) is 11.4 Å². The van der Waals surface area contributed by atoms with Crippen molar-refractivity contribution in [3.8, 4) is 16.5 Å². The minimum atomic E-state index is 0.156. The summed E-state index contributed by atoms with van der Waals surface area (Å²) in [5.74, 6) is 0.156. The van der Waals surface area contributed by atoms with Crippen LogP contribution in [0.5, 0.6) is 5.75 Å². The summed E-state index contributed by atoms with van der Waals surface area (Å²) in [6, 6.07) is 3.29. The van der Waals surface area contributed by atoms with Gasteiger partial charge in [0, 0.05) is 0 Å². The molecule has 66 valence electrons. The smallest absolute Gasteiger partial charge is 0.178 e. The molecule has 6 heteroatoms. The van der Waals surface area contributed by atoms with Crippen LogP contribution in [-0.4, -0.2) is 20.3 Å². The molecule has 2 aromatic heterocycles. The molecule has 2 aromatic rings. The second-order valence-corrected chi connectivity index (χ2v) is 4.99. The van der Waals surface area contributed by atoms with Crippen LogP contribution in [0.3, 0.4) is 0 Å². The SMILES string of the molecule is Oc1ccc(-c2nnc(I)s2)nc1. The van der Waals surface area contributed by atoms with Crippen LogP contribution < -0.4 is 0 Å². The predicted molar refractivity (Wildman–Crippen MR) is 57.5 cm³/mol. The number of halogens is 1. The Bertz CT molecular complexity index is 414. The molecular formula is C7H4IN3OS. The number of rotatable bonds is 1. The third kappa shape index (κ3) is 1.94. The molecule has 0 amide bonds. The minimum Gasteiger partial charge on any atom is -0.506 e. The van der Waals surface area contributed by atoms with Crippen LogP contribution in [0.15, 0.2) is 18.3 Å². The number of aromatic hydroxyl groups is 1. The molecule has 0 radical (unpaired) electrons. The molecule has 0 fully saturated rings. The van der Waals surface area contributed by atoms with E-state index in [1.54, 1.807) is 12.1 Å². The van der Waals surface area contributed by atoms with E-state index in [4.69, 9.17) is 5.11 Å². The molecule has 2 heterocycles. The van der Waals surface area contributed by atoms with Crippen LogP contribution in [-0.2, 0) is 0 Å². The molecule has 4 nitrogen and oxygen atoms in total. The standard InChI is InChI=1S/C7H4IN3OS/c8-7-11-10-6(13-7)5-2-1-4(12)3-9-5/h1-3,12H. The number of pyridine rings is 1. The average molecular weight is 305 g/mol. The zero-order valence-electron chi connectivity index (χ0n) is 6.31. The largest absolute Gasteiger partial charge is 0.506 e. The molecule has 0 aliphatic heterocycles. The first kappa shape index (κ1) is 8.82. The summed E-state index contributed by atoms with van der Waals surface area (Å²) < 4.78 is 0.877. The fraction of sp³-hybridized carbons (Fsp3) is 0. The Morgan fingerprint density at radius 2 is 2.15 bits per heavy atom. The zero-order valence-corrected chi connectivity index (χ0v) is 9.28. The van der Waals surface area contributed by atoms with E-state index in [9.17, 15) is 0 Å². The third-order valence-corrected chi connectivity index (χ3v) is 2.98. The van der Waals surface area contributed by atoms with E-state index in [-0.39, 0.29) is 5.75 Å². The monoisotopic (exact) mass is 305 g/mol. The number of hydrogen-bond donors (Lipinski definition) is 1. The van der Waals surface area contributed by atoms with E-state index in [0.717, 1.165) is 13.7 Å². The summed E-state index contributed by atoms with van der Waals surface area (Å²) in [5, 5.41) is 17.6. The van der Waals surface area contributed by atoms with Gasteiger partial charge in [-0.15, -0.1) is 10.2 Å². The Hall–Kier alpha value is -0.760. The van der Waals surface area contributed by atoms with Crippen molar-refractivity contribution in [2.75, 3.05) is 0 Å². The lowest BCUT2D eigenvalue weighted by Crippen LogP contribution is -1.80. The van der Waals surface area contributed by atoms with E-state index >= 15 is 0 Å². The van der Waals surface area contributed by atoms with Gasteiger partial charge in [-0.3, -0.25) is 0 Å². The van der Waals surface area contributed by atoms with Gasteiger partial charge in [0.05, 0.1) is 6.20 Å². The van der Waals surface area contributed by atoms with Crippen LogP contribution >= 0.6 is 33.9 Å². The van der Waals surface area contributed by atoms with Crippen molar-refractivity contribution in [1.29, 1.82) is 0 Å². The molecule has 0 aliphatic rings. The summed E-state index contributed by atoms with van der Waals surface area (Å²) in [7, 11) is 0. The van der Waals surface area contributed by atoms with Crippen molar-refractivity contribution in [2.24, 2.45) is 0 Å². The number of hydrogen-bond acceptors (Lipinski definition) is 5. The van der Waals surface area contributed by atoms with Crippen LogP contribution in [0.2, 0.25) is 0 Å². The highest BCUT2D eigenvalue weighted by molar-refractivity contribution is 14.1. The van der Waals surface area contributed by atoms with E-state index in [0.29, 0.717) is 0 Å². The van der Waals surface area contributed by atoms with Gasteiger partial charge in [0.25, 0.3) is 0 Å². The third-order valence-electron chi connectivity index (χ3n) is 1.37. The molecule has 0 spiro atoms. The van der Waals surface area contributed by atoms with Crippen molar-refractivity contribution in [1.82, 2.24) is 15.2 Å². The fourth-order valence-electron chi connectivity index (χ4n) is 0.821. The summed E-state index contributed by atoms with van der Waals surface area (Å²) >= 11 is 3.57. The van der Waals surface area contributed by atoms with Gasteiger partial charge >= 0.3 is 0 Å². The number of aromatic nitrogens is 3. The van der Waals surface area contributed by atoms with Gasteiger partial charge < -0.3 is 5.11 Å². The van der Waals surface area contributed by atoms with E-state index in [1.807, 2.05) is 0 Å². The quantitative estimate of drug-likeness (QED) is 0.818. The Balaban J connectivity index is 2.41. The minimum absolute atomic E-state index is 0.156. The molecular weight excluding hydrogens is 301 g/mol. The highest BCUT2D eigenvalue weighted by Crippen LogP contribution is 2.23. The molecule has 2 rings (SSSR count). The van der Waals surface area contributed by atoms with Crippen LogP contribution in [0.1, 0.15) is 0 Å². The first-order chi connectivity index (χ1) is 6.25. The van der Waals surface area contributed by atoms with E-state index in [2.05, 4.69) is 37.8 Å². The molecule has 0 aromatic carbocycles. The van der Waals surface area contributed by atoms with E-state index < -0.39 is 0 Å². The second-order valence-electron chi connectivity index (χ2n) is 2.26. The summed E-state index contributed by atoms with van der Waals surface area (Å²) in [6.07, 6.45) is 1.39. The van der Waals surface area contributed by atoms with E-state index in [1.165, 1.54) is 17.5 Å². The molecule has 0 unspecified atom stereocenters. The predicted octanol–water partition coefficient (Wildman–Crippen LogP) is 1.91. The zero-order chi connectivity index (χ0) is 9.26. The van der Waals surface area contributed by atoms with Gasteiger partial charge in [-0.25, -0.2) is 4.98 Å².